The number of nitrogens with zero attached hydrogens (tertiary/aromatic N) is 2. The van der Waals surface area contributed by atoms with E-state index in [0.29, 0.717) is 24.3 Å². The van der Waals surface area contributed by atoms with E-state index in [9.17, 15) is 14.7 Å². The van der Waals surface area contributed by atoms with Crippen LogP contribution >= 0.6 is 0 Å². The minimum absolute atomic E-state index is 0.0968. The maximum absolute atomic E-state index is 12.7. The Morgan fingerprint density at radius 2 is 1.96 bits per heavy atom. The van der Waals surface area contributed by atoms with Crippen molar-refractivity contribution >= 4 is 23.3 Å². The van der Waals surface area contributed by atoms with E-state index in [4.69, 9.17) is 0 Å². The molecule has 1 fully saturated rings. The van der Waals surface area contributed by atoms with E-state index in [1.165, 1.54) is 0 Å². The third kappa shape index (κ3) is 4.65. The third-order valence-corrected chi connectivity index (χ3v) is 4.87. The van der Waals surface area contributed by atoms with Crippen LogP contribution in [0.3, 0.4) is 0 Å². The van der Waals surface area contributed by atoms with Crippen LogP contribution in [-0.2, 0) is 0 Å². The van der Waals surface area contributed by atoms with E-state index in [2.05, 4.69) is 5.32 Å². The van der Waals surface area contributed by atoms with Crippen LogP contribution in [-0.4, -0.2) is 48.7 Å². The Balaban J connectivity index is 1.68. The summed E-state index contributed by atoms with van der Waals surface area (Å²) in [6.07, 6.45) is 1.83. The van der Waals surface area contributed by atoms with Gasteiger partial charge in [-0.2, -0.15) is 0 Å². The topological polar surface area (TPSA) is 72.9 Å². The fourth-order valence-corrected chi connectivity index (χ4v) is 3.29. The predicted molar refractivity (Wildman–Crippen MR) is 106 cm³/mol. The van der Waals surface area contributed by atoms with Crippen molar-refractivity contribution in [3.63, 3.8) is 0 Å². The van der Waals surface area contributed by atoms with Crippen molar-refractivity contribution in [3.8, 4) is 0 Å². The molecular weight excluding hydrogens is 342 g/mol. The van der Waals surface area contributed by atoms with Crippen molar-refractivity contribution in [2.45, 2.75) is 12.8 Å². The van der Waals surface area contributed by atoms with Crippen molar-refractivity contribution in [2.24, 2.45) is 5.92 Å². The molecule has 2 N–H and O–H groups in total. The molecule has 0 radical (unpaired) electrons. The van der Waals surface area contributed by atoms with Crippen molar-refractivity contribution < 1.29 is 14.7 Å². The van der Waals surface area contributed by atoms with E-state index < -0.39 is 0 Å². The van der Waals surface area contributed by atoms with Gasteiger partial charge in [0.2, 0.25) is 0 Å². The Morgan fingerprint density at radius 1 is 1.19 bits per heavy atom. The third-order valence-electron chi connectivity index (χ3n) is 4.87. The monoisotopic (exact) mass is 367 g/mol. The number of aliphatic hydroxyl groups is 1. The molecule has 142 valence electrons. The van der Waals surface area contributed by atoms with Gasteiger partial charge in [-0.1, -0.05) is 24.3 Å². The van der Waals surface area contributed by atoms with E-state index in [1.807, 2.05) is 30.3 Å². The van der Waals surface area contributed by atoms with Gasteiger partial charge in [0, 0.05) is 43.7 Å². The van der Waals surface area contributed by atoms with Gasteiger partial charge in [-0.25, -0.2) is 4.79 Å². The fourth-order valence-electron chi connectivity index (χ4n) is 3.29. The second kappa shape index (κ2) is 8.68. The Hall–Kier alpha value is -2.86. The quantitative estimate of drug-likeness (QED) is 0.872. The molecule has 1 heterocycles. The number of piperidine rings is 1. The Bertz CT molecular complexity index is 794. The summed E-state index contributed by atoms with van der Waals surface area (Å²) in [6, 6.07) is 16.2. The number of urea groups is 1. The Labute approximate surface area is 159 Å². The van der Waals surface area contributed by atoms with Crippen molar-refractivity contribution in [1.82, 2.24) is 4.90 Å². The standard InChI is InChI=1S/C21H25N3O3/c1-23(19-10-3-2-4-11-19)20(26)17-8-5-9-18(13-17)22-21(27)24-12-6-7-16(14-24)15-25/h2-5,8-11,13,16,25H,6-7,12,14-15H2,1H3,(H,22,27). The lowest BCUT2D eigenvalue weighted by atomic mass is 9.99. The first-order valence-corrected chi connectivity index (χ1v) is 9.18. The highest BCUT2D eigenvalue weighted by Crippen LogP contribution is 2.20. The minimum atomic E-state index is -0.200. The van der Waals surface area contributed by atoms with E-state index in [-0.39, 0.29) is 24.5 Å². The molecule has 1 atom stereocenters. The highest BCUT2D eigenvalue weighted by molar-refractivity contribution is 6.06. The number of carbonyl (C=O) groups is 2. The van der Waals surface area contributed by atoms with Gasteiger partial charge in [0.1, 0.15) is 0 Å². The second-order valence-electron chi connectivity index (χ2n) is 6.85. The average molecular weight is 367 g/mol. The molecule has 1 aliphatic heterocycles. The lowest BCUT2D eigenvalue weighted by Crippen LogP contribution is -2.43. The van der Waals surface area contributed by atoms with Gasteiger partial charge >= 0.3 is 6.03 Å². The van der Waals surface area contributed by atoms with Crippen LogP contribution < -0.4 is 10.2 Å². The molecule has 0 bridgehead atoms. The summed E-state index contributed by atoms with van der Waals surface area (Å²) in [5, 5.41) is 12.2. The molecule has 0 spiro atoms. The SMILES string of the molecule is CN(C(=O)c1cccc(NC(=O)N2CCCC(CO)C2)c1)c1ccccc1. The summed E-state index contributed by atoms with van der Waals surface area (Å²) in [6.45, 7) is 1.33. The van der Waals surface area contributed by atoms with Gasteiger partial charge in [-0.15, -0.1) is 0 Å². The first-order valence-electron chi connectivity index (χ1n) is 9.18. The van der Waals surface area contributed by atoms with Crippen LogP contribution in [0.15, 0.2) is 54.6 Å². The smallest absolute Gasteiger partial charge is 0.321 e. The molecule has 27 heavy (non-hydrogen) atoms. The first-order chi connectivity index (χ1) is 13.1. The highest BCUT2D eigenvalue weighted by atomic mass is 16.3. The minimum Gasteiger partial charge on any atom is -0.396 e. The van der Waals surface area contributed by atoms with Crippen molar-refractivity contribution in [1.29, 1.82) is 0 Å². The van der Waals surface area contributed by atoms with Gasteiger partial charge in [-0.3, -0.25) is 4.79 Å². The fraction of sp³-hybridized carbons (Fsp3) is 0.333. The van der Waals surface area contributed by atoms with Crippen molar-refractivity contribution in [3.05, 3.63) is 60.2 Å². The number of rotatable bonds is 4. The van der Waals surface area contributed by atoms with Crippen LogP contribution in [0.25, 0.3) is 0 Å². The first kappa shape index (κ1) is 18.9. The maximum Gasteiger partial charge on any atom is 0.321 e. The normalized spacial score (nSPS) is 16.7. The molecule has 1 unspecified atom stereocenters. The number of hydrogen-bond acceptors (Lipinski definition) is 3. The van der Waals surface area contributed by atoms with Crippen LogP contribution in [0.1, 0.15) is 23.2 Å². The number of nitrogens with one attached hydrogen (secondary N) is 1. The van der Waals surface area contributed by atoms with E-state index in [0.717, 1.165) is 18.5 Å². The molecule has 6 heteroatoms. The molecule has 1 saturated heterocycles. The largest absolute Gasteiger partial charge is 0.396 e. The number of anilines is 2. The summed E-state index contributed by atoms with van der Waals surface area (Å²) >= 11 is 0. The van der Waals surface area contributed by atoms with Gasteiger partial charge in [0.25, 0.3) is 5.91 Å². The molecule has 2 aromatic carbocycles. The van der Waals surface area contributed by atoms with Gasteiger partial charge in [0.15, 0.2) is 0 Å². The number of para-hydroxylation sites is 1. The van der Waals surface area contributed by atoms with Crippen LogP contribution in [0, 0.1) is 5.92 Å². The van der Waals surface area contributed by atoms with Gasteiger partial charge in [0.05, 0.1) is 0 Å². The molecule has 0 saturated carbocycles. The van der Waals surface area contributed by atoms with Crippen molar-refractivity contribution in [2.75, 3.05) is 37.0 Å². The predicted octanol–water partition coefficient (Wildman–Crippen LogP) is 3.20. The number of likely N-dealkylation sites (tertiary alicyclic amines) is 1. The number of aliphatic hydroxyl groups excluding tert-OH is 1. The zero-order valence-electron chi connectivity index (χ0n) is 15.5. The van der Waals surface area contributed by atoms with Crippen LogP contribution in [0.4, 0.5) is 16.2 Å². The molecule has 2 aromatic rings. The number of amides is 3. The summed E-state index contributed by atoms with van der Waals surface area (Å²) in [4.78, 5) is 28.5. The number of benzene rings is 2. The summed E-state index contributed by atoms with van der Waals surface area (Å²) in [5.74, 6) is -0.00690. The molecule has 0 aromatic heterocycles. The highest BCUT2D eigenvalue weighted by Gasteiger charge is 2.23. The summed E-state index contributed by atoms with van der Waals surface area (Å²) < 4.78 is 0. The molecule has 6 nitrogen and oxygen atoms in total. The summed E-state index contributed by atoms with van der Waals surface area (Å²) in [7, 11) is 1.73. The number of hydrogen-bond donors (Lipinski definition) is 2. The Morgan fingerprint density at radius 3 is 2.70 bits per heavy atom. The van der Waals surface area contributed by atoms with Crippen LogP contribution in [0.5, 0.6) is 0 Å². The molecule has 0 aliphatic carbocycles. The van der Waals surface area contributed by atoms with E-state index >= 15 is 0 Å². The van der Waals surface area contributed by atoms with Gasteiger partial charge in [-0.05, 0) is 49.1 Å². The zero-order valence-corrected chi connectivity index (χ0v) is 15.5. The van der Waals surface area contributed by atoms with Gasteiger partial charge < -0.3 is 20.2 Å². The lowest BCUT2D eigenvalue weighted by molar-refractivity contribution is 0.0993. The maximum atomic E-state index is 12.7. The second-order valence-corrected chi connectivity index (χ2v) is 6.85. The Kier molecular flexibility index (Phi) is 6.08. The molecule has 3 amide bonds. The average Bonchev–Trinajstić information content (AvgIpc) is 2.73. The van der Waals surface area contributed by atoms with E-state index in [1.54, 1.807) is 41.1 Å². The summed E-state index contributed by atoms with van der Waals surface area (Å²) in [5.41, 5.74) is 1.89. The molecule has 3 rings (SSSR count). The zero-order chi connectivity index (χ0) is 19.2. The number of carbonyl (C=O) groups excluding carboxylic acids is 2. The molecule has 1 aliphatic rings. The lowest BCUT2D eigenvalue weighted by Gasteiger charge is -2.31. The van der Waals surface area contributed by atoms with Crippen LogP contribution in [0.2, 0.25) is 0 Å². The molecular formula is C21H25N3O3.